The molecule has 144 valence electrons. The lowest BCUT2D eigenvalue weighted by atomic mass is 10.1. The number of halogens is 1. The van der Waals surface area contributed by atoms with Gasteiger partial charge in [0.1, 0.15) is 12.3 Å². The second kappa shape index (κ2) is 8.20. The lowest BCUT2D eigenvalue weighted by molar-refractivity contribution is -0.127. The fourth-order valence-corrected chi connectivity index (χ4v) is 3.96. The molecule has 2 aromatic rings. The summed E-state index contributed by atoms with van der Waals surface area (Å²) in [5.41, 5.74) is 2.87. The minimum atomic E-state index is -0.564. The average Bonchev–Trinajstić information content (AvgIpc) is 2.89. The van der Waals surface area contributed by atoms with E-state index in [4.69, 9.17) is 0 Å². The van der Waals surface area contributed by atoms with Crippen molar-refractivity contribution in [2.45, 2.75) is 13.8 Å². The average molecular weight is 461 g/mol. The van der Waals surface area contributed by atoms with Gasteiger partial charge >= 0.3 is 0 Å². The Hall–Kier alpha value is -2.58. The van der Waals surface area contributed by atoms with Crippen LogP contribution in [-0.2, 0) is 9.59 Å². The first-order valence-corrected chi connectivity index (χ1v) is 9.97. The summed E-state index contributed by atoms with van der Waals surface area (Å²) in [6.45, 7) is 3.37. The van der Waals surface area contributed by atoms with Crippen LogP contribution in [0.15, 0.2) is 45.8 Å². The summed E-state index contributed by atoms with van der Waals surface area (Å²) in [6, 6.07) is 10.4. The standard InChI is InChI=1S/C20H17BrN2O4S/c1-11-4-3-5-12(2)18(11)22-17(25)10-23-19(26)16(28-20(23)27)9-13-8-14(21)6-7-15(13)24/h3-9,24H,10H2,1-2H3,(H,22,25). The molecule has 1 fully saturated rings. The normalized spacial score (nSPS) is 15.4. The Morgan fingerprint density at radius 1 is 1.21 bits per heavy atom. The number of rotatable bonds is 4. The largest absolute Gasteiger partial charge is 0.507 e. The smallest absolute Gasteiger partial charge is 0.294 e. The summed E-state index contributed by atoms with van der Waals surface area (Å²) in [6.07, 6.45) is 1.44. The number of anilines is 1. The van der Waals surface area contributed by atoms with E-state index in [-0.39, 0.29) is 17.2 Å². The molecule has 1 heterocycles. The molecule has 28 heavy (non-hydrogen) atoms. The van der Waals surface area contributed by atoms with Crippen LogP contribution in [0.5, 0.6) is 5.75 Å². The van der Waals surface area contributed by atoms with Crippen LogP contribution in [0.4, 0.5) is 10.5 Å². The lowest BCUT2D eigenvalue weighted by Gasteiger charge is -2.15. The number of carbonyl (C=O) groups is 3. The lowest BCUT2D eigenvalue weighted by Crippen LogP contribution is -2.36. The first-order valence-electron chi connectivity index (χ1n) is 8.36. The minimum absolute atomic E-state index is 0.0113. The van der Waals surface area contributed by atoms with E-state index >= 15 is 0 Å². The van der Waals surface area contributed by atoms with Crippen LogP contribution >= 0.6 is 27.7 Å². The number of nitrogens with one attached hydrogen (secondary N) is 1. The molecule has 8 heteroatoms. The van der Waals surface area contributed by atoms with Gasteiger partial charge in [-0.05, 0) is 61.0 Å². The van der Waals surface area contributed by atoms with Crippen molar-refractivity contribution < 1.29 is 19.5 Å². The Labute approximate surface area is 174 Å². The zero-order valence-corrected chi connectivity index (χ0v) is 17.6. The summed E-state index contributed by atoms with van der Waals surface area (Å²) in [7, 11) is 0. The van der Waals surface area contributed by atoms with Crippen molar-refractivity contribution >= 4 is 56.5 Å². The van der Waals surface area contributed by atoms with Gasteiger partial charge in [0.2, 0.25) is 5.91 Å². The highest BCUT2D eigenvalue weighted by atomic mass is 79.9. The van der Waals surface area contributed by atoms with Crippen LogP contribution in [0.1, 0.15) is 16.7 Å². The molecule has 2 N–H and O–H groups in total. The van der Waals surface area contributed by atoms with Crippen LogP contribution in [0, 0.1) is 13.8 Å². The monoisotopic (exact) mass is 460 g/mol. The maximum absolute atomic E-state index is 12.6. The SMILES string of the molecule is Cc1cccc(C)c1NC(=O)CN1C(=O)SC(=Cc2cc(Br)ccc2O)C1=O. The van der Waals surface area contributed by atoms with Gasteiger partial charge < -0.3 is 10.4 Å². The molecule has 0 aromatic heterocycles. The van der Waals surface area contributed by atoms with Crippen molar-refractivity contribution in [1.29, 1.82) is 0 Å². The molecule has 0 atom stereocenters. The van der Waals surface area contributed by atoms with E-state index in [1.54, 1.807) is 12.1 Å². The molecule has 0 aliphatic carbocycles. The maximum atomic E-state index is 12.6. The fourth-order valence-electron chi connectivity index (χ4n) is 2.75. The molecule has 3 amide bonds. The van der Waals surface area contributed by atoms with Crippen LogP contribution < -0.4 is 5.32 Å². The Kier molecular flexibility index (Phi) is 5.90. The van der Waals surface area contributed by atoms with E-state index in [1.807, 2.05) is 32.0 Å². The van der Waals surface area contributed by atoms with Crippen LogP contribution in [0.2, 0.25) is 0 Å². The van der Waals surface area contributed by atoms with Crippen molar-refractivity contribution in [3.05, 3.63) is 62.5 Å². The highest BCUT2D eigenvalue weighted by Gasteiger charge is 2.36. The Bertz CT molecular complexity index is 999. The number of aromatic hydroxyl groups is 1. The van der Waals surface area contributed by atoms with Gasteiger partial charge in [-0.2, -0.15) is 0 Å². The maximum Gasteiger partial charge on any atom is 0.294 e. The number of aryl methyl sites for hydroxylation is 2. The van der Waals surface area contributed by atoms with E-state index in [9.17, 15) is 19.5 Å². The van der Waals surface area contributed by atoms with Gasteiger partial charge in [-0.25, -0.2) is 0 Å². The summed E-state index contributed by atoms with van der Waals surface area (Å²) in [4.78, 5) is 38.3. The van der Waals surface area contributed by atoms with Crippen LogP contribution in [0.25, 0.3) is 6.08 Å². The third kappa shape index (κ3) is 4.28. The molecule has 1 saturated heterocycles. The van der Waals surface area contributed by atoms with Gasteiger partial charge in [-0.15, -0.1) is 0 Å². The summed E-state index contributed by atoms with van der Waals surface area (Å²) in [5, 5.41) is 12.2. The van der Waals surface area contributed by atoms with Gasteiger partial charge in [-0.1, -0.05) is 34.1 Å². The van der Waals surface area contributed by atoms with Crippen LogP contribution in [-0.4, -0.2) is 33.6 Å². The first kappa shape index (κ1) is 20.2. The predicted octanol–water partition coefficient (Wildman–Crippen LogP) is 4.45. The minimum Gasteiger partial charge on any atom is -0.507 e. The van der Waals surface area contributed by atoms with Crippen molar-refractivity contribution in [2.24, 2.45) is 0 Å². The number of hydrogen-bond acceptors (Lipinski definition) is 5. The quantitative estimate of drug-likeness (QED) is 0.658. The highest BCUT2D eigenvalue weighted by molar-refractivity contribution is 9.10. The number of amides is 3. The molecule has 3 rings (SSSR count). The molecular weight excluding hydrogens is 444 g/mol. The summed E-state index contributed by atoms with van der Waals surface area (Å²) < 4.78 is 0.726. The number of carbonyl (C=O) groups excluding carboxylic acids is 3. The molecule has 0 spiro atoms. The Balaban J connectivity index is 1.76. The zero-order valence-electron chi connectivity index (χ0n) is 15.2. The number of imide groups is 1. The third-order valence-electron chi connectivity index (χ3n) is 4.20. The predicted molar refractivity (Wildman–Crippen MR) is 113 cm³/mol. The topological polar surface area (TPSA) is 86.7 Å². The Morgan fingerprint density at radius 2 is 1.89 bits per heavy atom. The van der Waals surface area contributed by atoms with Gasteiger partial charge in [0.25, 0.3) is 11.1 Å². The molecule has 0 radical (unpaired) electrons. The van der Waals surface area contributed by atoms with Crippen molar-refractivity contribution in [3.8, 4) is 5.75 Å². The van der Waals surface area contributed by atoms with E-state index < -0.39 is 17.1 Å². The van der Waals surface area contributed by atoms with E-state index in [2.05, 4.69) is 21.2 Å². The van der Waals surface area contributed by atoms with E-state index in [0.29, 0.717) is 11.3 Å². The molecule has 1 aliphatic rings. The second-order valence-electron chi connectivity index (χ2n) is 6.29. The van der Waals surface area contributed by atoms with Crippen LogP contribution in [0.3, 0.4) is 0 Å². The molecule has 0 unspecified atom stereocenters. The van der Waals surface area contributed by atoms with Gasteiger partial charge in [-0.3, -0.25) is 19.3 Å². The molecule has 2 aromatic carbocycles. The Morgan fingerprint density at radius 3 is 2.57 bits per heavy atom. The second-order valence-corrected chi connectivity index (χ2v) is 8.19. The number of phenols is 1. The van der Waals surface area contributed by atoms with Crippen molar-refractivity contribution in [1.82, 2.24) is 4.90 Å². The number of benzene rings is 2. The number of thioether (sulfide) groups is 1. The van der Waals surface area contributed by atoms with Gasteiger partial charge in [0.05, 0.1) is 4.91 Å². The van der Waals surface area contributed by atoms with Crippen molar-refractivity contribution in [2.75, 3.05) is 11.9 Å². The highest BCUT2D eigenvalue weighted by Crippen LogP contribution is 2.34. The molecule has 0 saturated carbocycles. The summed E-state index contributed by atoms with van der Waals surface area (Å²) in [5.74, 6) is -1.03. The van der Waals surface area contributed by atoms with Crippen molar-refractivity contribution in [3.63, 3.8) is 0 Å². The molecule has 1 aliphatic heterocycles. The fraction of sp³-hybridized carbons (Fsp3) is 0.150. The zero-order chi connectivity index (χ0) is 20.4. The number of hydrogen-bond donors (Lipinski definition) is 2. The summed E-state index contributed by atoms with van der Waals surface area (Å²) >= 11 is 4.04. The third-order valence-corrected chi connectivity index (χ3v) is 5.60. The number of phenolic OH excluding ortho intramolecular Hbond substituents is 1. The molecular formula is C20H17BrN2O4S. The van der Waals surface area contributed by atoms with E-state index in [1.165, 1.54) is 12.1 Å². The molecule has 0 bridgehead atoms. The first-order chi connectivity index (χ1) is 13.3. The van der Waals surface area contributed by atoms with Gasteiger partial charge in [0, 0.05) is 15.7 Å². The number of para-hydroxylation sites is 1. The number of nitrogens with zero attached hydrogens (tertiary/aromatic N) is 1. The molecule has 6 nitrogen and oxygen atoms in total. The van der Waals surface area contributed by atoms with E-state index in [0.717, 1.165) is 32.3 Å². The van der Waals surface area contributed by atoms with Gasteiger partial charge in [0.15, 0.2) is 0 Å².